The number of benzene rings is 2. The summed E-state index contributed by atoms with van der Waals surface area (Å²) in [6.45, 7) is 0. The van der Waals surface area contributed by atoms with Crippen LogP contribution in [-0.2, 0) is 0 Å². The van der Waals surface area contributed by atoms with Crippen molar-refractivity contribution in [3.63, 3.8) is 0 Å². The van der Waals surface area contributed by atoms with Crippen LogP contribution in [0.1, 0.15) is 0 Å². The van der Waals surface area contributed by atoms with E-state index in [1.165, 1.54) is 0 Å². The highest BCUT2D eigenvalue weighted by Gasteiger charge is 2.26. The Morgan fingerprint density at radius 3 is 1.87 bits per heavy atom. The van der Waals surface area contributed by atoms with E-state index in [9.17, 15) is 0 Å². The van der Waals surface area contributed by atoms with Crippen molar-refractivity contribution in [1.29, 1.82) is 0 Å². The Morgan fingerprint density at radius 2 is 1.39 bits per heavy atom. The predicted molar refractivity (Wildman–Crippen MR) is 95.4 cm³/mol. The van der Waals surface area contributed by atoms with Crippen LogP contribution >= 0.6 is 8.07 Å². The van der Waals surface area contributed by atoms with Gasteiger partial charge in [-0.05, 0) is 36.4 Å². The van der Waals surface area contributed by atoms with E-state index in [2.05, 4.69) is 22.3 Å². The number of nitrogens with zero attached hydrogens (tertiary/aromatic N) is 1. The molecule has 2 aromatic rings. The Balaban J connectivity index is 2.14. The zero-order valence-corrected chi connectivity index (χ0v) is 14.0. The second-order valence-electron chi connectivity index (χ2n) is 4.83. The Labute approximate surface area is 137 Å². The minimum atomic E-state index is -0.888. The molecule has 0 unspecified atom stereocenters. The van der Waals surface area contributed by atoms with Crippen LogP contribution in [-0.4, -0.2) is 19.0 Å². The topological polar surface area (TPSA) is 33.7 Å². The van der Waals surface area contributed by atoms with Crippen LogP contribution in [0.25, 0.3) is 0 Å². The molecule has 0 bridgehead atoms. The van der Waals surface area contributed by atoms with Crippen molar-refractivity contribution >= 4 is 18.7 Å². The third kappa shape index (κ3) is 3.17. The lowest BCUT2D eigenvalue weighted by molar-refractivity contribution is 0.416. The maximum Gasteiger partial charge on any atom is 0.128 e. The molecule has 1 heterocycles. The van der Waals surface area contributed by atoms with Crippen LogP contribution < -0.4 is 25.5 Å². The van der Waals surface area contributed by atoms with Gasteiger partial charge in [0.1, 0.15) is 11.5 Å². The monoisotopic (exact) mass is 326 g/mol. The Kier molecular flexibility index (Phi) is 4.84. The zero-order chi connectivity index (χ0) is 16.1. The number of ether oxygens (including phenoxy) is 2. The minimum Gasteiger partial charge on any atom is -0.496 e. The summed E-state index contributed by atoms with van der Waals surface area (Å²) in [4.78, 5) is 0. The molecule has 0 atom stereocenters. The van der Waals surface area contributed by atoms with E-state index < -0.39 is 8.07 Å². The number of hydrogen-bond acceptors (Lipinski definition) is 4. The van der Waals surface area contributed by atoms with E-state index in [1.54, 1.807) is 14.2 Å². The number of allylic oxidation sites excluding steroid dienone is 2. The Morgan fingerprint density at radius 1 is 0.826 bits per heavy atom. The summed E-state index contributed by atoms with van der Waals surface area (Å²) < 4.78 is 13.3. The number of para-hydroxylation sites is 2. The van der Waals surface area contributed by atoms with E-state index >= 15 is 0 Å². The molecule has 2 aromatic carbocycles. The summed E-state index contributed by atoms with van der Waals surface area (Å²) >= 11 is 0. The molecule has 0 amide bonds. The number of nitrogens with one attached hydrogen (secondary N) is 1. The van der Waals surface area contributed by atoms with Crippen LogP contribution in [0.3, 0.4) is 0 Å². The van der Waals surface area contributed by atoms with E-state index in [0.29, 0.717) is 0 Å². The first-order valence-electron chi connectivity index (χ1n) is 7.30. The zero-order valence-electron chi connectivity index (χ0n) is 13.1. The fourth-order valence-corrected chi connectivity index (χ4v) is 4.76. The number of methoxy groups -OCH3 is 2. The fraction of sp³-hybridized carbons (Fsp3) is 0.111. The molecule has 1 aliphatic heterocycles. The van der Waals surface area contributed by atoms with Gasteiger partial charge < -0.3 is 14.9 Å². The van der Waals surface area contributed by atoms with Crippen LogP contribution in [0.15, 0.2) is 73.1 Å². The molecular formula is C18H19N2O2P. The van der Waals surface area contributed by atoms with Crippen molar-refractivity contribution in [1.82, 2.24) is 10.2 Å². The van der Waals surface area contributed by atoms with Gasteiger partial charge in [-0.25, -0.2) is 0 Å². The molecular weight excluding hydrogens is 307 g/mol. The third-order valence-corrected chi connectivity index (χ3v) is 5.81. The molecule has 3 rings (SSSR count). The minimum absolute atomic E-state index is 0.870. The maximum atomic E-state index is 5.59. The van der Waals surface area contributed by atoms with Crippen LogP contribution in [0.4, 0.5) is 0 Å². The highest BCUT2D eigenvalue weighted by Crippen LogP contribution is 2.43. The molecule has 0 saturated carbocycles. The van der Waals surface area contributed by atoms with Crippen molar-refractivity contribution in [2.24, 2.45) is 0 Å². The molecule has 0 radical (unpaired) electrons. The van der Waals surface area contributed by atoms with Crippen LogP contribution in [0, 0.1) is 0 Å². The summed E-state index contributed by atoms with van der Waals surface area (Å²) in [7, 11) is 2.52. The SMILES string of the molecule is COc1ccccc1P(c1ccccc1OC)N1C=CC=CN1. The van der Waals surface area contributed by atoms with E-state index in [1.807, 2.05) is 61.0 Å². The average molecular weight is 326 g/mol. The molecule has 0 aromatic heterocycles. The highest BCUT2D eigenvalue weighted by atomic mass is 31.1. The molecule has 0 aliphatic carbocycles. The van der Waals surface area contributed by atoms with E-state index in [0.717, 1.165) is 22.1 Å². The molecule has 1 N–H and O–H groups in total. The van der Waals surface area contributed by atoms with Gasteiger partial charge in [-0.2, -0.15) is 0 Å². The van der Waals surface area contributed by atoms with Gasteiger partial charge >= 0.3 is 0 Å². The van der Waals surface area contributed by atoms with Crippen molar-refractivity contribution in [3.05, 3.63) is 73.1 Å². The molecule has 0 fully saturated rings. The lowest BCUT2D eigenvalue weighted by Gasteiger charge is -2.33. The maximum absolute atomic E-state index is 5.59. The van der Waals surface area contributed by atoms with E-state index in [4.69, 9.17) is 9.47 Å². The molecule has 23 heavy (non-hydrogen) atoms. The molecule has 1 aliphatic rings. The highest BCUT2D eigenvalue weighted by molar-refractivity contribution is 7.71. The number of hydrogen-bond donors (Lipinski definition) is 1. The van der Waals surface area contributed by atoms with Crippen molar-refractivity contribution in [3.8, 4) is 11.5 Å². The van der Waals surface area contributed by atoms with Gasteiger partial charge in [0.05, 0.1) is 22.3 Å². The lowest BCUT2D eigenvalue weighted by atomic mass is 10.3. The van der Waals surface area contributed by atoms with Gasteiger partial charge in [-0.1, -0.05) is 24.3 Å². The summed E-state index contributed by atoms with van der Waals surface area (Å²) in [6, 6.07) is 16.2. The smallest absolute Gasteiger partial charge is 0.128 e. The molecule has 0 spiro atoms. The van der Waals surface area contributed by atoms with Crippen LogP contribution in [0.2, 0.25) is 0 Å². The van der Waals surface area contributed by atoms with Crippen molar-refractivity contribution < 1.29 is 9.47 Å². The molecule has 0 saturated heterocycles. The Bertz CT molecular complexity index is 683. The summed E-state index contributed by atoms with van der Waals surface area (Å²) in [5.41, 5.74) is 3.30. The quantitative estimate of drug-likeness (QED) is 0.857. The average Bonchev–Trinajstić information content (AvgIpc) is 2.64. The summed E-state index contributed by atoms with van der Waals surface area (Å²) in [5.74, 6) is 1.74. The predicted octanol–water partition coefficient (Wildman–Crippen LogP) is 2.90. The third-order valence-electron chi connectivity index (χ3n) is 3.48. The molecule has 118 valence electrons. The number of hydrazine groups is 1. The van der Waals surface area contributed by atoms with Gasteiger partial charge in [0.2, 0.25) is 0 Å². The van der Waals surface area contributed by atoms with Crippen molar-refractivity contribution in [2.45, 2.75) is 0 Å². The first-order chi connectivity index (χ1) is 11.3. The second-order valence-corrected chi connectivity index (χ2v) is 6.85. The summed E-state index contributed by atoms with van der Waals surface area (Å²) in [5, 5.41) is 2.25. The van der Waals surface area contributed by atoms with Crippen molar-refractivity contribution in [2.75, 3.05) is 14.2 Å². The van der Waals surface area contributed by atoms with Gasteiger partial charge in [0.25, 0.3) is 0 Å². The number of rotatable bonds is 5. The van der Waals surface area contributed by atoms with Gasteiger partial charge in [-0.3, -0.25) is 4.78 Å². The van der Waals surface area contributed by atoms with Crippen LogP contribution in [0.5, 0.6) is 11.5 Å². The van der Waals surface area contributed by atoms with Gasteiger partial charge in [0, 0.05) is 23.0 Å². The molecule has 4 nitrogen and oxygen atoms in total. The summed E-state index contributed by atoms with van der Waals surface area (Å²) in [6.07, 6.45) is 7.93. The normalized spacial score (nSPS) is 13.1. The van der Waals surface area contributed by atoms with Gasteiger partial charge in [-0.15, -0.1) is 0 Å². The first-order valence-corrected chi connectivity index (χ1v) is 8.59. The van der Waals surface area contributed by atoms with E-state index in [-0.39, 0.29) is 0 Å². The lowest BCUT2D eigenvalue weighted by Crippen LogP contribution is -2.34. The fourth-order valence-electron chi connectivity index (χ4n) is 2.45. The molecule has 5 heteroatoms. The first kappa shape index (κ1) is 15.4. The standard InChI is InChI=1S/C18H19N2O2P/c1-21-15-9-3-5-11-17(15)23(20-14-8-7-13-19-20)18-12-6-4-10-16(18)22-2/h3-14,19H,1-2H3. The second kappa shape index (κ2) is 7.21. The largest absolute Gasteiger partial charge is 0.496 e. The Hall–Kier alpha value is -2.45. The van der Waals surface area contributed by atoms with Gasteiger partial charge in [0.15, 0.2) is 0 Å².